The van der Waals surface area contributed by atoms with Crippen LogP contribution in [-0.2, 0) is 20.6 Å². The third kappa shape index (κ3) is 4.20. The summed E-state index contributed by atoms with van der Waals surface area (Å²) in [4.78, 5) is 12.7. The minimum Gasteiger partial charge on any atom is -0.353 e. The average molecular weight is 445 g/mol. The molecule has 1 saturated heterocycles. The zero-order chi connectivity index (χ0) is 19.9. The van der Waals surface area contributed by atoms with Crippen LogP contribution in [0.2, 0.25) is 10.0 Å². The van der Waals surface area contributed by atoms with Gasteiger partial charge in [-0.3, -0.25) is 4.79 Å². The summed E-state index contributed by atoms with van der Waals surface area (Å²) in [6.45, 7) is 0.721. The Morgan fingerprint density at radius 1 is 1.07 bits per heavy atom. The monoisotopic (exact) mass is 444 g/mol. The Morgan fingerprint density at radius 3 is 2.32 bits per heavy atom. The van der Waals surface area contributed by atoms with E-state index in [1.165, 1.54) is 23.6 Å². The minimum absolute atomic E-state index is 0.101. The lowest BCUT2D eigenvalue weighted by Crippen LogP contribution is -2.46. The van der Waals surface area contributed by atoms with E-state index in [1.807, 2.05) is 0 Å². The molecule has 1 N–H and O–H groups in total. The molecular weight excluding hydrogens is 419 g/mol. The fraction of sp³-hybridized carbons (Fsp3) is 0.650. The first-order valence-corrected chi connectivity index (χ1v) is 12.4. The molecule has 154 valence electrons. The summed E-state index contributed by atoms with van der Waals surface area (Å²) < 4.78 is 27.1. The Kier molecular flexibility index (Phi) is 5.94. The molecule has 1 amide bonds. The van der Waals surface area contributed by atoms with Gasteiger partial charge in [-0.25, -0.2) is 12.7 Å². The van der Waals surface area contributed by atoms with Crippen LogP contribution >= 0.6 is 23.2 Å². The van der Waals surface area contributed by atoms with Crippen LogP contribution in [0, 0.1) is 17.8 Å². The predicted molar refractivity (Wildman–Crippen MR) is 111 cm³/mol. The van der Waals surface area contributed by atoms with Gasteiger partial charge < -0.3 is 5.32 Å². The molecule has 2 bridgehead atoms. The Labute approximate surface area is 176 Å². The summed E-state index contributed by atoms with van der Waals surface area (Å²) in [6.07, 6.45) is 6.03. The lowest BCUT2D eigenvalue weighted by atomic mass is 9.93. The number of benzene rings is 1. The topological polar surface area (TPSA) is 66.5 Å². The van der Waals surface area contributed by atoms with Crippen LogP contribution in [0.3, 0.4) is 0 Å². The third-order valence-corrected chi connectivity index (χ3v) is 9.19. The summed E-state index contributed by atoms with van der Waals surface area (Å²) in [5.74, 6) is 1.22. The van der Waals surface area contributed by atoms with Gasteiger partial charge in [-0.15, -0.1) is 0 Å². The van der Waals surface area contributed by atoms with Crippen LogP contribution in [0.1, 0.15) is 44.1 Å². The van der Waals surface area contributed by atoms with E-state index in [9.17, 15) is 13.2 Å². The maximum atomic E-state index is 12.8. The van der Waals surface area contributed by atoms with Crippen molar-refractivity contribution in [2.75, 3.05) is 13.1 Å². The van der Waals surface area contributed by atoms with Gasteiger partial charge in [0, 0.05) is 40.7 Å². The number of carbonyl (C=O) groups is 1. The molecule has 1 aliphatic heterocycles. The second kappa shape index (κ2) is 8.13. The van der Waals surface area contributed by atoms with Crippen molar-refractivity contribution in [1.82, 2.24) is 9.62 Å². The minimum atomic E-state index is -3.53. The SMILES string of the molecule is O=C(N[C@H]1C[C@@H]2CC[C@@H]1C2)C1CCN(S(=O)(=O)Cc2c(Cl)cccc2Cl)CC1. The van der Waals surface area contributed by atoms with Crippen molar-refractivity contribution in [1.29, 1.82) is 0 Å². The smallest absolute Gasteiger partial charge is 0.223 e. The largest absolute Gasteiger partial charge is 0.353 e. The molecule has 28 heavy (non-hydrogen) atoms. The molecular formula is C20H26Cl2N2O3S. The summed E-state index contributed by atoms with van der Waals surface area (Å²) in [5.41, 5.74) is 0.432. The van der Waals surface area contributed by atoms with Crippen molar-refractivity contribution < 1.29 is 13.2 Å². The molecule has 1 heterocycles. The number of amides is 1. The normalized spacial score (nSPS) is 28.6. The zero-order valence-electron chi connectivity index (χ0n) is 15.7. The molecule has 8 heteroatoms. The number of sulfonamides is 1. The van der Waals surface area contributed by atoms with Crippen LogP contribution in [-0.4, -0.2) is 37.8 Å². The predicted octanol–water partition coefficient (Wildman–Crippen LogP) is 3.84. The van der Waals surface area contributed by atoms with Crippen LogP contribution in [0.5, 0.6) is 0 Å². The van der Waals surface area contributed by atoms with Crippen molar-refractivity contribution in [3.63, 3.8) is 0 Å². The molecule has 3 aliphatic rings. The summed E-state index contributed by atoms with van der Waals surface area (Å²) in [6, 6.07) is 5.31. The van der Waals surface area contributed by atoms with E-state index in [0.29, 0.717) is 53.5 Å². The highest BCUT2D eigenvalue weighted by atomic mass is 35.5. The van der Waals surface area contributed by atoms with Crippen molar-refractivity contribution in [2.45, 2.75) is 50.3 Å². The highest BCUT2D eigenvalue weighted by Crippen LogP contribution is 2.44. The van der Waals surface area contributed by atoms with E-state index >= 15 is 0 Å². The number of fused-ring (bicyclic) bond motifs is 2. The second-order valence-electron chi connectivity index (χ2n) is 8.42. The van der Waals surface area contributed by atoms with E-state index in [0.717, 1.165) is 12.3 Å². The molecule has 1 aromatic rings. The Bertz CT molecular complexity index is 833. The van der Waals surface area contributed by atoms with E-state index in [1.54, 1.807) is 18.2 Å². The van der Waals surface area contributed by atoms with E-state index < -0.39 is 10.0 Å². The first-order valence-electron chi connectivity index (χ1n) is 10.0. The second-order valence-corrected chi connectivity index (χ2v) is 11.2. The summed E-state index contributed by atoms with van der Waals surface area (Å²) in [5, 5.41) is 3.96. The summed E-state index contributed by atoms with van der Waals surface area (Å²) >= 11 is 12.3. The molecule has 5 nitrogen and oxygen atoms in total. The fourth-order valence-corrected chi connectivity index (χ4v) is 7.38. The number of carbonyl (C=O) groups excluding carboxylic acids is 1. The van der Waals surface area contributed by atoms with Gasteiger partial charge in [-0.1, -0.05) is 35.7 Å². The van der Waals surface area contributed by atoms with Crippen molar-refractivity contribution >= 4 is 39.1 Å². The quantitative estimate of drug-likeness (QED) is 0.749. The van der Waals surface area contributed by atoms with Crippen LogP contribution in [0.15, 0.2) is 18.2 Å². The Morgan fingerprint density at radius 2 is 1.75 bits per heavy atom. The average Bonchev–Trinajstić information content (AvgIpc) is 3.28. The maximum Gasteiger partial charge on any atom is 0.223 e. The van der Waals surface area contributed by atoms with Crippen LogP contribution in [0.25, 0.3) is 0 Å². The first-order chi connectivity index (χ1) is 13.3. The van der Waals surface area contributed by atoms with Crippen molar-refractivity contribution in [2.24, 2.45) is 17.8 Å². The van der Waals surface area contributed by atoms with Gasteiger partial charge >= 0.3 is 0 Å². The number of nitrogens with zero attached hydrogens (tertiary/aromatic N) is 1. The van der Waals surface area contributed by atoms with Gasteiger partial charge in [-0.2, -0.15) is 0 Å². The lowest BCUT2D eigenvalue weighted by Gasteiger charge is -2.32. The molecule has 0 spiro atoms. The van der Waals surface area contributed by atoms with E-state index in [-0.39, 0.29) is 17.6 Å². The molecule has 4 rings (SSSR count). The van der Waals surface area contributed by atoms with Gasteiger partial charge in [0.2, 0.25) is 15.9 Å². The zero-order valence-corrected chi connectivity index (χ0v) is 18.1. The van der Waals surface area contributed by atoms with Crippen molar-refractivity contribution in [3.05, 3.63) is 33.8 Å². The molecule has 0 unspecified atom stereocenters. The molecule has 2 aliphatic carbocycles. The van der Waals surface area contributed by atoms with Gasteiger partial charge in [0.05, 0.1) is 5.75 Å². The van der Waals surface area contributed by atoms with Crippen LogP contribution < -0.4 is 5.32 Å². The molecule has 0 radical (unpaired) electrons. The lowest BCUT2D eigenvalue weighted by molar-refractivity contribution is -0.127. The van der Waals surface area contributed by atoms with Crippen molar-refractivity contribution in [3.8, 4) is 0 Å². The number of nitrogens with one attached hydrogen (secondary N) is 1. The number of hydrogen-bond donors (Lipinski definition) is 1. The highest BCUT2D eigenvalue weighted by Gasteiger charge is 2.41. The fourth-order valence-electron chi connectivity index (χ4n) is 5.06. The molecule has 3 atom stereocenters. The van der Waals surface area contributed by atoms with E-state index in [4.69, 9.17) is 23.2 Å². The standard InChI is InChI=1S/C20H26Cl2N2O3S/c21-17-2-1-3-18(22)16(17)12-28(26,27)24-8-6-14(7-9-24)20(25)23-19-11-13-4-5-15(19)10-13/h1-3,13-15,19H,4-12H2,(H,23,25)/t13-,15-,19+/m1/s1. The van der Waals surface area contributed by atoms with Gasteiger partial charge in [0.15, 0.2) is 0 Å². The first kappa shape index (κ1) is 20.5. The molecule has 0 aromatic heterocycles. The van der Waals surface area contributed by atoms with Gasteiger partial charge in [-0.05, 0) is 56.1 Å². The molecule has 2 saturated carbocycles. The number of hydrogen-bond acceptors (Lipinski definition) is 3. The Hall–Kier alpha value is -0.820. The summed E-state index contributed by atoms with van der Waals surface area (Å²) in [7, 11) is -3.53. The van der Waals surface area contributed by atoms with Gasteiger partial charge in [0.1, 0.15) is 0 Å². The Balaban J connectivity index is 1.32. The van der Waals surface area contributed by atoms with Gasteiger partial charge in [0.25, 0.3) is 0 Å². The number of halogens is 2. The molecule has 1 aromatic carbocycles. The third-order valence-electron chi connectivity index (χ3n) is 6.67. The number of rotatable bonds is 5. The molecule has 3 fully saturated rings. The number of piperidine rings is 1. The van der Waals surface area contributed by atoms with E-state index in [2.05, 4.69) is 5.32 Å². The highest BCUT2D eigenvalue weighted by molar-refractivity contribution is 7.88. The van der Waals surface area contributed by atoms with Crippen LogP contribution in [0.4, 0.5) is 0 Å². The maximum absolute atomic E-state index is 12.8.